The van der Waals surface area contributed by atoms with Crippen LogP contribution in [0.3, 0.4) is 0 Å². The molecule has 0 unspecified atom stereocenters. The fourth-order valence-corrected chi connectivity index (χ4v) is 1.84. The molecule has 0 fully saturated rings. The summed E-state index contributed by atoms with van der Waals surface area (Å²) in [6.07, 6.45) is 11.3. The second-order valence-electron chi connectivity index (χ2n) is 5.02. The van der Waals surface area contributed by atoms with Gasteiger partial charge >= 0.3 is 0 Å². The summed E-state index contributed by atoms with van der Waals surface area (Å²) >= 11 is 0. The second-order valence-corrected chi connectivity index (χ2v) is 5.02. The van der Waals surface area contributed by atoms with E-state index in [0.29, 0.717) is 0 Å². The molecule has 0 amide bonds. The van der Waals surface area contributed by atoms with Gasteiger partial charge in [0, 0.05) is 0 Å². The molecule has 0 spiro atoms. The summed E-state index contributed by atoms with van der Waals surface area (Å²) in [5.74, 6) is 0. The van der Waals surface area contributed by atoms with Crippen LogP contribution in [0.2, 0.25) is 0 Å². The zero-order chi connectivity index (χ0) is 11.3. The van der Waals surface area contributed by atoms with Gasteiger partial charge in [0.25, 0.3) is 0 Å². The zero-order valence-electron chi connectivity index (χ0n) is 10.3. The summed E-state index contributed by atoms with van der Waals surface area (Å²) in [6.45, 7) is 10.4. The molecule has 15 heavy (non-hydrogen) atoms. The molecule has 1 aliphatic carbocycles. The van der Waals surface area contributed by atoms with Gasteiger partial charge in [-0.25, -0.2) is 0 Å². The monoisotopic (exact) mass is 202 g/mol. The summed E-state index contributed by atoms with van der Waals surface area (Å²) in [5, 5.41) is 0. The molecular weight excluding hydrogens is 180 g/mol. The van der Waals surface area contributed by atoms with Crippen molar-refractivity contribution in [1.29, 1.82) is 0 Å². The van der Waals surface area contributed by atoms with Crippen LogP contribution >= 0.6 is 0 Å². The third-order valence-corrected chi connectivity index (χ3v) is 2.87. The molecule has 0 bridgehead atoms. The Bertz CT molecular complexity index is 320. The van der Waals surface area contributed by atoms with Gasteiger partial charge in [0.2, 0.25) is 0 Å². The average molecular weight is 202 g/mol. The molecule has 0 aliphatic heterocycles. The Balaban J connectivity index is 2.76. The molecular formula is C15H22. The minimum absolute atomic E-state index is 0.183. The molecule has 0 aromatic rings. The first-order valence-corrected chi connectivity index (χ1v) is 5.80. The third-order valence-electron chi connectivity index (χ3n) is 2.87. The van der Waals surface area contributed by atoms with Crippen molar-refractivity contribution in [2.45, 2.75) is 46.5 Å². The maximum atomic E-state index is 3.78. The smallest absolute Gasteiger partial charge is 0.00646 e. The molecule has 0 N–H and O–H groups in total. The van der Waals surface area contributed by atoms with Crippen LogP contribution in [0.1, 0.15) is 46.5 Å². The Morgan fingerprint density at radius 1 is 1.60 bits per heavy atom. The second kappa shape index (κ2) is 5.19. The van der Waals surface area contributed by atoms with Crippen LogP contribution in [0.15, 0.2) is 41.7 Å². The molecule has 1 aliphatic rings. The largest absolute Gasteiger partial charge is 0.121 e. The average Bonchev–Trinajstić information content (AvgIpc) is 2.67. The van der Waals surface area contributed by atoms with Crippen LogP contribution in [0.5, 0.6) is 0 Å². The Morgan fingerprint density at radius 3 is 2.87 bits per heavy atom. The van der Waals surface area contributed by atoms with Crippen LogP contribution in [-0.4, -0.2) is 0 Å². The van der Waals surface area contributed by atoms with E-state index in [2.05, 4.69) is 45.2 Å². The lowest BCUT2D eigenvalue weighted by molar-refractivity contribution is 0.490. The molecule has 0 radical (unpaired) electrons. The number of hydrogen-bond donors (Lipinski definition) is 0. The van der Waals surface area contributed by atoms with Gasteiger partial charge in [-0.15, -0.1) is 12.3 Å². The maximum Gasteiger partial charge on any atom is -0.00646 e. The number of hydrogen-bond acceptors (Lipinski definition) is 0. The summed E-state index contributed by atoms with van der Waals surface area (Å²) in [6, 6.07) is 0. The lowest BCUT2D eigenvalue weighted by Gasteiger charge is -2.15. The number of rotatable bonds is 4. The standard InChI is InChI=1S/C15H22/c1-5-11-15(3,4)12-10-13(2)14-8-6-7-9-14/h5,8,12H,1,6-7,9,11H2,2-4H3. The van der Waals surface area contributed by atoms with Crippen molar-refractivity contribution in [1.82, 2.24) is 0 Å². The van der Waals surface area contributed by atoms with Crippen LogP contribution in [0, 0.1) is 5.41 Å². The van der Waals surface area contributed by atoms with Crippen molar-refractivity contribution in [2.24, 2.45) is 5.41 Å². The fraction of sp³-hybridized carbons (Fsp3) is 0.533. The van der Waals surface area contributed by atoms with Crippen LogP contribution in [-0.2, 0) is 0 Å². The molecule has 0 atom stereocenters. The molecule has 0 saturated heterocycles. The Kier molecular flexibility index (Phi) is 4.17. The molecule has 0 heterocycles. The van der Waals surface area contributed by atoms with Gasteiger partial charge in [-0.1, -0.05) is 26.0 Å². The summed E-state index contributed by atoms with van der Waals surface area (Å²) < 4.78 is 0. The van der Waals surface area contributed by atoms with E-state index in [4.69, 9.17) is 0 Å². The highest BCUT2D eigenvalue weighted by molar-refractivity contribution is 5.31. The minimum Gasteiger partial charge on any atom is -0.121 e. The van der Waals surface area contributed by atoms with Crippen LogP contribution in [0.4, 0.5) is 0 Å². The van der Waals surface area contributed by atoms with Crippen LogP contribution in [0.25, 0.3) is 0 Å². The van der Waals surface area contributed by atoms with Gasteiger partial charge in [0.15, 0.2) is 0 Å². The van der Waals surface area contributed by atoms with Crippen molar-refractivity contribution in [3.05, 3.63) is 41.7 Å². The van der Waals surface area contributed by atoms with E-state index in [-0.39, 0.29) is 5.41 Å². The first kappa shape index (κ1) is 12.1. The lowest BCUT2D eigenvalue weighted by Crippen LogP contribution is -2.04. The fourth-order valence-electron chi connectivity index (χ4n) is 1.84. The Labute approximate surface area is 94.1 Å². The first-order valence-electron chi connectivity index (χ1n) is 5.80. The molecule has 0 nitrogen and oxygen atoms in total. The molecule has 0 heteroatoms. The van der Waals surface area contributed by atoms with E-state index in [1.165, 1.54) is 30.4 Å². The van der Waals surface area contributed by atoms with Gasteiger partial charge in [0.1, 0.15) is 0 Å². The van der Waals surface area contributed by atoms with Crippen molar-refractivity contribution in [3.63, 3.8) is 0 Å². The van der Waals surface area contributed by atoms with Gasteiger partial charge in [-0.05, 0) is 55.2 Å². The highest BCUT2D eigenvalue weighted by Gasteiger charge is 2.11. The molecule has 82 valence electrons. The lowest BCUT2D eigenvalue weighted by atomic mass is 9.89. The highest BCUT2D eigenvalue weighted by atomic mass is 14.2. The molecule has 0 aromatic carbocycles. The van der Waals surface area contributed by atoms with E-state index in [1.807, 2.05) is 6.08 Å². The summed E-state index contributed by atoms with van der Waals surface area (Å²) in [4.78, 5) is 0. The summed E-state index contributed by atoms with van der Waals surface area (Å²) in [5.41, 5.74) is 6.40. The third kappa shape index (κ3) is 3.93. The Hall–Kier alpha value is -1.00. The SMILES string of the molecule is C=CCC(C)(C)C=C=C(C)C1=CCCC1. The van der Waals surface area contributed by atoms with Crippen molar-refractivity contribution in [2.75, 3.05) is 0 Å². The minimum atomic E-state index is 0.183. The van der Waals surface area contributed by atoms with Gasteiger partial charge < -0.3 is 0 Å². The van der Waals surface area contributed by atoms with E-state index in [0.717, 1.165) is 6.42 Å². The first-order chi connectivity index (χ1) is 7.05. The molecule has 0 saturated carbocycles. The van der Waals surface area contributed by atoms with Gasteiger partial charge in [-0.2, -0.15) is 0 Å². The molecule has 1 rings (SSSR count). The van der Waals surface area contributed by atoms with E-state index >= 15 is 0 Å². The predicted molar refractivity (Wildman–Crippen MR) is 67.8 cm³/mol. The van der Waals surface area contributed by atoms with Crippen molar-refractivity contribution >= 4 is 0 Å². The quantitative estimate of drug-likeness (QED) is 0.454. The summed E-state index contributed by atoms with van der Waals surface area (Å²) in [7, 11) is 0. The van der Waals surface area contributed by atoms with Crippen LogP contribution < -0.4 is 0 Å². The van der Waals surface area contributed by atoms with Crippen molar-refractivity contribution in [3.8, 4) is 0 Å². The predicted octanol–water partition coefficient (Wildman–Crippen LogP) is 4.80. The zero-order valence-corrected chi connectivity index (χ0v) is 10.3. The van der Waals surface area contributed by atoms with E-state index in [1.54, 1.807) is 0 Å². The van der Waals surface area contributed by atoms with Gasteiger partial charge in [-0.3, -0.25) is 0 Å². The van der Waals surface area contributed by atoms with E-state index in [9.17, 15) is 0 Å². The van der Waals surface area contributed by atoms with Crippen molar-refractivity contribution < 1.29 is 0 Å². The number of allylic oxidation sites excluding steroid dienone is 4. The van der Waals surface area contributed by atoms with Gasteiger partial charge in [0.05, 0.1) is 0 Å². The highest BCUT2D eigenvalue weighted by Crippen LogP contribution is 2.25. The maximum absolute atomic E-state index is 3.78. The van der Waals surface area contributed by atoms with E-state index < -0.39 is 0 Å². The molecule has 0 aromatic heterocycles. The normalized spacial score (nSPS) is 15.5. The Morgan fingerprint density at radius 2 is 2.33 bits per heavy atom. The topological polar surface area (TPSA) is 0 Å².